The van der Waals surface area contributed by atoms with E-state index in [1.165, 1.54) is 0 Å². The van der Waals surface area contributed by atoms with Crippen molar-refractivity contribution in [1.29, 1.82) is 5.26 Å². The van der Waals surface area contributed by atoms with Crippen molar-refractivity contribution in [3.8, 4) is 6.07 Å². The van der Waals surface area contributed by atoms with Crippen LogP contribution < -0.4 is 0 Å². The van der Waals surface area contributed by atoms with Crippen LogP contribution in [0.4, 0.5) is 13.2 Å². The molecule has 0 amide bonds. The van der Waals surface area contributed by atoms with Crippen molar-refractivity contribution in [2.75, 3.05) is 6.61 Å². The number of thioether (sulfide) groups is 1. The van der Waals surface area contributed by atoms with Gasteiger partial charge in [0, 0.05) is 10.2 Å². The third kappa shape index (κ3) is 5.19. The molecule has 180 valence electrons. The van der Waals surface area contributed by atoms with Crippen LogP contribution in [0.25, 0.3) is 0 Å². The van der Waals surface area contributed by atoms with E-state index in [9.17, 15) is 26.9 Å². The van der Waals surface area contributed by atoms with Crippen molar-refractivity contribution in [1.82, 2.24) is 0 Å². The average Bonchev–Trinajstić information content (AvgIpc) is 2.78. The Morgan fingerprint density at radius 1 is 1.24 bits per heavy atom. The van der Waals surface area contributed by atoms with Crippen molar-refractivity contribution in [2.24, 2.45) is 11.8 Å². The molecule has 4 nitrogen and oxygen atoms in total. The van der Waals surface area contributed by atoms with Crippen molar-refractivity contribution >= 4 is 21.9 Å². The van der Waals surface area contributed by atoms with Crippen molar-refractivity contribution < 1.29 is 25.8 Å². The van der Waals surface area contributed by atoms with E-state index in [0.29, 0.717) is 11.7 Å². The molecule has 1 aromatic carbocycles. The lowest BCUT2D eigenvalue weighted by atomic mass is 9.71. The Labute approximate surface area is 202 Å². The molecule has 1 heterocycles. The Balaban J connectivity index is 1.35. The van der Waals surface area contributed by atoms with Gasteiger partial charge in [-0.05, 0) is 79.9 Å². The Bertz CT molecular complexity index is 1220. The lowest BCUT2D eigenvalue weighted by Gasteiger charge is -2.45. The fourth-order valence-corrected chi connectivity index (χ4v) is 7.05. The van der Waals surface area contributed by atoms with Gasteiger partial charge >= 0.3 is 6.18 Å². The van der Waals surface area contributed by atoms with Gasteiger partial charge in [-0.25, -0.2) is 0 Å². The third-order valence-corrected chi connectivity index (χ3v) is 9.25. The molecule has 0 N–H and O–H groups in total. The zero-order valence-corrected chi connectivity index (χ0v) is 20.1. The summed E-state index contributed by atoms with van der Waals surface area (Å²) in [5.74, 6) is 0.551. The zero-order chi connectivity index (χ0) is 24.5. The molecule has 3 aliphatic rings. The molecule has 1 fully saturated rings. The number of nitrogens with zero attached hydrogens (tertiary/aromatic N) is 1. The molecule has 0 radical (unpaired) electrons. The summed E-state index contributed by atoms with van der Waals surface area (Å²) < 4.78 is 67.8. The minimum absolute atomic E-state index is 0.0275. The van der Waals surface area contributed by atoms with Crippen LogP contribution in [0.2, 0.25) is 0 Å². The van der Waals surface area contributed by atoms with Gasteiger partial charge in [-0.1, -0.05) is 24.3 Å². The standard InChI is InChI=1S/C25H24F3NO3S2/c1-16-4-2-3-5-20(16)22(15-29)23-11-10-21-17(14-24(21)33-23)12-13-32-34(30,31)19-8-6-18(7-9-19)25(26,27)28/h2,4,6-11,17,21,24H,3,5,12-14H2,1H3/b23-22+. The summed E-state index contributed by atoms with van der Waals surface area (Å²) in [6.45, 7) is 2.00. The van der Waals surface area contributed by atoms with E-state index in [1.54, 1.807) is 11.8 Å². The molecular formula is C25H24F3NO3S2. The van der Waals surface area contributed by atoms with Crippen molar-refractivity contribution in [2.45, 2.75) is 48.9 Å². The monoisotopic (exact) mass is 507 g/mol. The summed E-state index contributed by atoms with van der Waals surface area (Å²) >= 11 is 1.71. The lowest BCUT2D eigenvalue weighted by molar-refractivity contribution is -0.137. The SMILES string of the molecule is CC1=C(/C(C#N)=C2\C=CC3C(CCOS(=O)(=O)c4ccc(C(F)(F)F)cc4)CC3S2)CCC=C1. The van der Waals surface area contributed by atoms with E-state index in [0.717, 1.165) is 65.2 Å². The number of halogens is 3. The van der Waals surface area contributed by atoms with Gasteiger partial charge in [0.1, 0.15) is 6.07 Å². The number of fused-ring (bicyclic) bond motifs is 1. The first kappa shape index (κ1) is 24.8. The smallest absolute Gasteiger partial charge is 0.266 e. The highest BCUT2D eigenvalue weighted by atomic mass is 32.2. The zero-order valence-electron chi connectivity index (χ0n) is 18.5. The van der Waals surface area contributed by atoms with Crippen LogP contribution in [0.5, 0.6) is 0 Å². The predicted octanol–water partition coefficient (Wildman–Crippen LogP) is 6.55. The first-order valence-corrected chi connectivity index (χ1v) is 13.3. The van der Waals surface area contributed by atoms with Gasteiger partial charge in [-0.3, -0.25) is 4.18 Å². The van der Waals surface area contributed by atoms with Gasteiger partial charge in [-0.2, -0.15) is 26.9 Å². The second kappa shape index (κ2) is 9.76. The van der Waals surface area contributed by atoms with E-state index < -0.39 is 21.9 Å². The molecule has 0 saturated heterocycles. The maximum absolute atomic E-state index is 12.7. The molecule has 1 aromatic rings. The summed E-state index contributed by atoms with van der Waals surface area (Å²) in [4.78, 5) is 0.703. The van der Waals surface area contributed by atoms with Gasteiger partial charge in [0.05, 0.1) is 22.6 Å². The Morgan fingerprint density at radius 3 is 2.59 bits per heavy atom. The fourth-order valence-electron chi connectivity index (χ4n) is 4.55. The van der Waals surface area contributed by atoms with Gasteiger partial charge < -0.3 is 0 Å². The summed E-state index contributed by atoms with van der Waals surface area (Å²) in [5.41, 5.74) is 2.07. The van der Waals surface area contributed by atoms with E-state index in [1.807, 2.05) is 13.0 Å². The van der Waals surface area contributed by atoms with E-state index >= 15 is 0 Å². The molecule has 1 aliphatic heterocycles. The Kier molecular flexibility index (Phi) is 7.13. The number of nitriles is 1. The highest BCUT2D eigenvalue weighted by molar-refractivity contribution is 8.04. The number of alkyl halides is 3. The second-order valence-corrected chi connectivity index (χ2v) is 11.5. The first-order chi connectivity index (χ1) is 16.1. The van der Waals surface area contributed by atoms with Crippen LogP contribution in [0.3, 0.4) is 0 Å². The molecule has 3 unspecified atom stereocenters. The Morgan fingerprint density at radius 2 is 1.97 bits per heavy atom. The molecule has 0 aromatic heterocycles. The van der Waals surface area contributed by atoms with Crippen molar-refractivity contribution in [3.05, 3.63) is 75.8 Å². The lowest BCUT2D eigenvalue weighted by Crippen LogP contribution is -2.40. The summed E-state index contributed by atoms with van der Waals surface area (Å²) in [5, 5.41) is 10.1. The normalized spacial score (nSPS) is 26.0. The van der Waals surface area contributed by atoms with Gasteiger partial charge in [0.25, 0.3) is 10.1 Å². The van der Waals surface area contributed by atoms with Crippen LogP contribution >= 0.6 is 11.8 Å². The fraction of sp³-hybridized carbons (Fsp3) is 0.400. The summed E-state index contributed by atoms with van der Waals surface area (Å²) in [6, 6.07) is 5.69. The van der Waals surface area contributed by atoms with Gasteiger partial charge in [-0.15, -0.1) is 11.8 Å². The van der Waals surface area contributed by atoms with Crippen LogP contribution in [0, 0.1) is 23.2 Å². The molecule has 1 saturated carbocycles. The van der Waals surface area contributed by atoms with Crippen molar-refractivity contribution in [3.63, 3.8) is 0 Å². The Hall–Kier alpha value is -2.28. The molecule has 2 aliphatic carbocycles. The number of benzene rings is 1. The molecular weight excluding hydrogens is 483 g/mol. The number of allylic oxidation sites excluding steroid dienone is 7. The van der Waals surface area contributed by atoms with E-state index in [-0.39, 0.29) is 23.3 Å². The van der Waals surface area contributed by atoms with Crippen LogP contribution in [0.15, 0.2) is 75.1 Å². The highest BCUT2D eigenvalue weighted by Crippen LogP contribution is 2.52. The highest BCUT2D eigenvalue weighted by Gasteiger charge is 2.42. The maximum atomic E-state index is 12.7. The molecule has 0 spiro atoms. The third-order valence-electron chi connectivity index (χ3n) is 6.52. The number of rotatable bonds is 6. The predicted molar refractivity (Wildman–Crippen MR) is 125 cm³/mol. The summed E-state index contributed by atoms with van der Waals surface area (Å²) in [7, 11) is -4.12. The van der Waals surface area contributed by atoms with Gasteiger partial charge in [0.15, 0.2) is 0 Å². The van der Waals surface area contributed by atoms with E-state index in [4.69, 9.17) is 4.18 Å². The summed E-state index contributed by atoms with van der Waals surface area (Å²) in [6.07, 6.45) is 7.00. The second-order valence-electron chi connectivity index (χ2n) is 8.63. The number of hydrogen-bond donors (Lipinski definition) is 0. The molecule has 34 heavy (non-hydrogen) atoms. The van der Waals surface area contributed by atoms with Crippen LogP contribution in [-0.2, 0) is 20.5 Å². The maximum Gasteiger partial charge on any atom is 0.416 e. The molecule has 3 atom stereocenters. The number of hydrogen-bond acceptors (Lipinski definition) is 5. The molecule has 9 heteroatoms. The van der Waals surface area contributed by atoms with Gasteiger partial charge in [0.2, 0.25) is 0 Å². The quantitative estimate of drug-likeness (QED) is 0.323. The van der Waals surface area contributed by atoms with Crippen LogP contribution in [0.1, 0.15) is 38.2 Å². The molecule has 0 bridgehead atoms. The minimum Gasteiger partial charge on any atom is -0.266 e. The topological polar surface area (TPSA) is 67.2 Å². The average molecular weight is 508 g/mol. The molecule has 4 rings (SSSR count). The largest absolute Gasteiger partial charge is 0.416 e. The van der Waals surface area contributed by atoms with E-state index in [2.05, 4.69) is 24.3 Å². The minimum atomic E-state index is -4.53. The first-order valence-electron chi connectivity index (χ1n) is 11.0. The van der Waals surface area contributed by atoms with Crippen LogP contribution in [-0.4, -0.2) is 20.3 Å².